The Morgan fingerprint density at radius 2 is 0.966 bits per heavy atom. The van der Waals surface area contributed by atoms with Crippen molar-refractivity contribution in [2.75, 3.05) is 0 Å². The Kier molecular flexibility index (Phi) is 7.29. The van der Waals surface area contributed by atoms with E-state index in [1.54, 1.807) is 11.8 Å². The number of nitrogens with two attached hydrogens (primary N) is 3. The van der Waals surface area contributed by atoms with Crippen LogP contribution in [0.25, 0.3) is 0 Å². The molecule has 0 atom stereocenters. The first-order chi connectivity index (χ1) is 14.1. The normalized spacial score (nSPS) is 11.4. The fraction of sp³-hybridized carbons (Fsp3) is 0.200. The van der Waals surface area contributed by atoms with Gasteiger partial charge >= 0.3 is 0 Å². The second kappa shape index (κ2) is 9.90. The number of rotatable bonds is 9. The summed E-state index contributed by atoms with van der Waals surface area (Å²) in [4.78, 5) is 0. The highest BCUT2D eigenvalue weighted by molar-refractivity contribution is 8.03. The molecule has 0 spiro atoms. The van der Waals surface area contributed by atoms with Crippen molar-refractivity contribution < 1.29 is 0 Å². The molecule has 0 unspecified atom stereocenters. The van der Waals surface area contributed by atoms with E-state index in [1.165, 1.54) is 16.7 Å². The molecule has 0 bridgehead atoms. The largest absolute Gasteiger partial charge is 0.326 e. The third kappa shape index (κ3) is 4.80. The minimum absolute atomic E-state index is 0.299. The highest BCUT2D eigenvalue weighted by Gasteiger charge is 2.34. The monoisotopic (exact) mass is 403 g/mol. The molecule has 29 heavy (non-hydrogen) atoms. The molecule has 6 N–H and O–H groups in total. The third-order valence-electron chi connectivity index (χ3n) is 5.31. The predicted molar refractivity (Wildman–Crippen MR) is 125 cm³/mol. The van der Waals surface area contributed by atoms with Crippen LogP contribution in [0.4, 0.5) is 0 Å². The van der Waals surface area contributed by atoms with Crippen LogP contribution in [0.1, 0.15) is 33.4 Å². The summed E-state index contributed by atoms with van der Waals surface area (Å²) in [6.07, 6.45) is 0.832. The summed E-state index contributed by atoms with van der Waals surface area (Å²) in [5.41, 5.74) is 24.5. The summed E-state index contributed by atoms with van der Waals surface area (Å²) in [7, 11) is 0. The Labute approximate surface area is 178 Å². The van der Waals surface area contributed by atoms with E-state index in [2.05, 4.69) is 79.4 Å². The van der Waals surface area contributed by atoms with Crippen molar-refractivity contribution in [3.8, 4) is 0 Å². The number of thioether (sulfide) groups is 1. The van der Waals surface area contributed by atoms with Gasteiger partial charge in [-0.3, -0.25) is 0 Å². The van der Waals surface area contributed by atoms with E-state index in [0.29, 0.717) is 19.6 Å². The maximum atomic E-state index is 5.82. The Morgan fingerprint density at radius 1 is 0.621 bits per heavy atom. The summed E-state index contributed by atoms with van der Waals surface area (Å²) in [5, 5.41) is 1.93. The number of benzene rings is 3. The van der Waals surface area contributed by atoms with Crippen LogP contribution in [0.15, 0.2) is 84.8 Å². The lowest BCUT2D eigenvalue weighted by Gasteiger charge is -2.34. The van der Waals surface area contributed by atoms with E-state index in [9.17, 15) is 0 Å². The van der Waals surface area contributed by atoms with E-state index in [-0.39, 0.29) is 4.75 Å². The fourth-order valence-electron chi connectivity index (χ4n) is 3.59. The van der Waals surface area contributed by atoms with Gasteiger partial charge in [0.15, 0.2) is 0 Å². The molecule has 0 aliphatic rings. The van der Waals surface area contributed by atoms with Crippen LogP contribution in [0.5, 0.6) is 0 Å². The van der Waals surface area contributed by atoms with E-state index in [1.807, 2.05) is 5.41 Å². The van der Waals surface area contributed by atoms with Crippen LogP contribution >= 0.6 is 11.8 Å². The summed E-state index contributed by atoms with van der Waals surface area (Å²) in [6, 6.07) is 25.7. The molecule has 3 aromatic rings. The van der Waals surface area contributed by atoms with Gasteiger partial charge in [-0.05, 0) is 45.2 Å². The average molecular weight is 404 g/mol. The smallest absolute Gasteiger partial charge is 0.0738 e. The molecule has 0 aliphatic carbocycles. The first-order valence-electron chi connectivity index (χ1n) is 9.80. The second-order valence-corrected chi connectivity index (χ2v) is 8.38. The molecule has 0 fully saturated rings. The van der Waals surface area contributed by atoms with Crippen LogP contribution in [0.2, 0.25) is 0 Å². The zero-order valence-corrected chi connectivity index (χ0v) is 17.5. The molecule has 0 radical (unpaired) electrons. The second-order valence-electron chi connectivity index (χ2n) is 7.11. The molecule has 3 rings (SSSR count). The molecular weight excluding hydrogens is 374 g/mol. The predicted octanol–water partition coefficient (Wildman–Crippen LogP) is 4.43. The van der Waals surface area contributed by atoms with Crippen LogP contribution in [-0.2, 0) is 30.8 Å². The van der Waals surface area contributed by atoms with Gasteiger partial charge in [-0.15, -0.1) is 11.8 Å². The van der Waals surface area contributed by atoms with Crippen molar-refractivity contribution >= 4 is 11.8 Å². The van der Waals surface area contributed by atoms with Gasteiger partial charge in [0.2, 0.25) is 0 Å². The summed E-state index contributed by atoms with van der Waals surface area (Å²) in [6.45, 7) is 5.66. The van der Waals surface area contributed by atoms with Crippen LogP contribution in [-0.4, -0.2) is 0 Å². The molecule has 0 aliphatic heterocycles. The van der Waals surface area contributed by atoms with E-state index < -0.39 is 0 Å². The zero-order chi connectivity index (χ0) is 20.7. The van der Waals surface area contributed by atoms with Crippen LogP contribution < -0.4 is 17.2 Å². The van der Waals surface area contributed by atoms with Crippen molar-refractivity contribution in [1.82, 2.24) is 0 Å². The zero-order valence-electron chi connectivity index (χ0n) is 16.7. The Morgan fingerprint density at radius 3 is 1.31 bits per heavy atom. The van der Waals surface area contributed by atoms with Crippen molar-refractivity contribution in [1.29, 1.82) is 0 Å². The number of hydrogen-bond donors (Lipinski definition) is 3. The fourth-order valence-corrected chi connectivity index (χ4v) is 4.67. The van der Waals surface area contributed by atoms with Gasteiger partial charge in [0.25, 0.3) is 0 Å². The maximum Gasteiger partial charge on any atom is 0.0738 e. The standard InChI is InChI=1S/C25H29N3S/c1-2-29-25(23-11-7-21(17-27)8-12-23,24-13-9-22(18-28)10-14-24)15-19-3-5-20(16-26)6-4-19/h2-14H,1,15-18,26-28H2. The van der Waals surface area contributed by atoms with E-state index in [4.69, 9.17) is 17.2 Å². The molecule has 0 heterocycles. The van der Waals surface area contributed by atoms with Crippen molar-refractivity contribution in [2.24, 2.45) is 17.2 Å². The quantitative estimate of drug-likeness (QED) is 0.494. The van der Waals surface area contributed by atoms with Gasteiger partial charge in [-0.1, -0.05) is 79.4 Å². The minimum atomic E-state index is -0.299. The van der Waals surface area contributed by atoms with Crippen LogP contribution in [0.3, 0.4) is 0 Å². The number of hydrogen-bond acceptors (Lipinski definition) is 4. The van der Waals surface area contributed by atoms with Crippen molar-refractivity contribution in [2.45, 2.75) is 30.8 Å². The van der Waals surface area contributed by atoms with Gasteiger partial charge in [0.1, 0.15) is 0 Å². The van der Waals surface area contributed by atoms with Gasteiger partial charge in [-0.25, -0.2) is 0 Å². The SMILES string of the molecule is C=CSC(Cc1ccc(CN)cc1)(c1ccc(CN)cc1)c1ccc(CN)cc1. The van der Waals surface area contributed by atoms with E-state index in [0.717, 1.165) is 23.1 Å². The maximum absolute atomic E-state index is 5.82. The molecule has 0 saturated carbocycles. The van der Waals surface area contributed by atoms with Crippen LogP contribution in [0, 0.1) is 0 Å². The summed E-state index contributed by atoms with van der Waals surface area (Å²) >= 11 is 1.74. The third-order valence-corrected chi connectivity index (χ3v) is 6.49. The van der Waals surface area contributed by atoms with Gasteiger partial charge in [-0.2, -0.15) is 0 Å². The van der Waals surface area contributed by atoms with E-state index >= 15 is 0 Å². The summed E-state index contributed by atoms with van der Waals surface area (Å²) < 4.78 is -0.299. The molecule has 0 amide bonds. The van der Waals surface area contributed by atoms with Gasteiger partial charge in [0, 0.05) is 19.6 Å². The highest BCUT2D eigenvalue weighted by atomic mass is 32.2. The Balaban J connectivity index is 2.12. The molecule has 4 heteroatoms. The Bertz CT molecular complexity index is 868. The molecule has 150 valence electrons. The average Bonchev–Trinajstić information content (AvgIpc) is 2.79. The lowest BCUT2D eigenvalue weighted by molar-refractivity contribution is 0.736. The lowest BCUT2D eigenvalue weighted by atomic mass is 9.84. The lowest BCUT2D eigenvalue weighted by Crippen LogP contribution is -2.26. The molecule has 0 saturated heterocycles. The summed E-state index contributed by atoms with van der Waals surface area (Å²) in [5.74, 6) is 0. The molecular formula is C25H29N3S. The first kappa shape index (κ1) is 21.3. The topological polar surface area (TPSA) is 78.1 Å². The van der Waals surface area contributed by atoms with Crippen molar-refractivity contribution in [3.63, 3.8) is 0 Å². The molecule has 0 aromatic heterocycles. The Hall–Kier alpha value is -2.37. The highest BCUT2D eigenvalue weighted by Crippen LogP contribution is 2.46. The molecule has 3 aromatic carbocycles. The van der Waals surface area contributed by atoms with Gasteiger partial charge in [0.05, 0.1) is 4.75 Å². The van der Waals surface area contributed by atoms with Gasteiger partial charge < -0.3 is 17.2 Å². The van der Waals surface area contributed by atoms with Crippen molar-refractivity contribution in [3.05, 3.63) is 118 Å². The first-order valence-corrected chi connectivity index (χ1v) is 10.7. The minimum Gasteiger partial charge on any atom is -0.326 e. The molecule has 3 nitrogen and oxygen atoms in total.